The van der Waals surface area contributed by atoms with Crippen LogP contribution in [0.15, 0.2) is 36.4 Å². The molecule has 0 saturated heterocycles. The van der Waals surface area contributed by atoms with E-state index in [1.54, 1.807) is 16.7 Å². The van der Waals surface area contributed by atoms with Crippen LogP contribution in [-0.2, 0) is 13.2 Å². The van der Waals surface area contributed by atoms with Gasteiger partial charge in [0, 0.05) is 18.7 Å². The van der Waals surface area contributed by atoms with Crippen molar-refractivity contribution in [3.63, 3.8) is 0 Å². The maximum absolute atomic E-state index is 13.8. The molecular formula is C16H13F2N3O3. The van der Waals surface area contributed by atoms with Crippen molar-refractivity contribution < 1.29 is 18.4 Å². The van der Waals surface area contributed by atoms with E-state index in [1.807, 2.05) is 6.92 Å². The van der Waals surface area contributed by atoms with Gasteiger partial charge in [0.25, 0.3) is 0 Å². The van der Waals surface area contributed by atoms with E-state index >= 15 is 0 Å². The number of halogens is 2. The van der Waals surface area contributed by atoms with E-state index in [0.717, 1.165) is 18.2 Å². The van der Waals surface area contributed by atoms with Crippen molar-refractivity contribution >= 4 is 16.7 Å². The summed E-state index contributed by atoms with van der Waals surface area (Å²) in [6, 6.07) is 7.57. The van der Waals surface area contributed by atoms with Gasteiger partial charge in [0.1, 0.15) is 23.8 Å². The molecule has 3 rings (SSSR count). The fourth-order valence-corrected chi connectivity index (χ4v) is 2.52. The number of ether oxygens (including phenoxy) is 1. The van der Waals surface area contributed by atoms with Crippen LogP contribution >= 0.6 is 0 Å². The number of rotatable bonds is 5. The number of aromatic nitrogens is 2. The van der Waals surface area contributed by atoms with Crippen LogP contribution in [-0.4, -0.2) is 14.5 Å². The number of nitrogens with zero attached hydrogens (tertiary/aromatic N) is 3. The zero-order valence-electron chi connectivity index (χ0n) is 12.7. The third-order valence-corrected chi connectivity index (χ3v) is 3.60. The van der Waals surface area contributed by atoms with E-state index in [9.17, 15) is 18.9 Å². The van der Waals surface area contributed by atoms with Crippen LogP contribution in [0.25, 0.3) is 11.0 Å². The van der Waals surface area contributed by atoms with Gasteiger partial charge in [-0.2, -0.15) is 0 Å². The minimum atomic E-state index is -0.656. The van der Waals surface area contributed by atoms with Crippen LogP contribution < -0.4 is 4.74 Å². The minimum Gasteiger partial charge on any atom is -0.479 e. The Balaban J connectivity index is 1.96. The van der Waals surface area contributed by atoms with Crippen LogP contribution in [0.2, 0.25) is 0 Å². The number of fused-ring (bicyclic) bond motifs is 1. The lowest BCUT2D eigenvalue weighted by Gasteiger charge is -2.08. The summed E-state index contributed by atoms with van der Waals surface area (Å²) in [6.45, 7) is 2.23. The number of nitro groups is 1. The summed E-state index contributed by atoms with van der Waals surface area (Å²) in [5, 5.41) is 11.0. The molecule has 2 aromatic carbocycles. The van der Waals surface area contributed by atoms with Crippen molar-refractivity contribution in [2.24, 2.45) is 0 Å². The van der Waals surface area contributed by atoms with Gasteiger partial charge in [-0.15, -0.1) is 0 Å². The Morgan fingerprint density at radius 1 is 1.29 bits per heavy atom. The van der Waals surface area contributed by atoms with Gasteiger partial charge in [0.15, 0.2) is 11.6 Å². The maximum Gasteiger partial charge on any atom is 0.311 e. The highest BCUT2D eigenvalue weighted by Gasteiger charge is 2.18. The molecule has 0 aliphatic carbocycles. The zero-order chi connectivity index (χ0) is 17.3. The highest BCUT2D eigenvalue weighted by molar-refractivity contribution is 5.76. The van der Waals surface area contributed by atoms with E-state index < -0.39 is 16.6 Å². The molecule has 0 bridgehead atoms. The van der Waals surface area contributed by atoms with E-state index in [0.29, 0.717) is 17.9 Å². The van der Waals surface area contributed by atoms with Gasteiger partial charge in [-0.3, -0.25) is 10.1 Å². The molecule has 0 radical (unpaired) electrons. The zero-order valence-corrected chi connectivity index (χ0v) is 12.7. The number of para-hydroxylation sites is 1. The summed E-state index contributed by atoms with van der Waals surface area (Å²) in [7, 11) is 0. The molecule has 0 amide bonds. The molecule has 6 nitrogen and oxygen atoms in total. The number of hydrogen-bond donors (Lipinski definition) is 0. The molecule has 1 heterocycles. The molecule has 0 spiro atoms. The SMILES string of the molecule is CCn1c(COc2cc(F)ccc2[N+](=O)[O-])nc2c(F)cccc21. The molecule has 8 heteroatoms. The molecule has 3 aromatic rings. The Morgan fingerprint density at radius 2 is 2.08 bits per heavy atom. The molecule has 0 fully saturated rings. The first kappa shape index (κ1) is 15.9. The Hall–Kier alpha value is -3.03. The second-order valence-electron chi connectivity index (χ2n) is 5.04. The van der Waals surface area contributed by atoms with Crippen LogP contribution in [0.1, 0.15) is 12.7 Å². The summed E-state index contributed by atoms with van der Waals surface area (Å²) >= 11 is 0. The summed E-state index contributed by atoms with van der Waals surface area (Å²) in [4.78, 5) is 14.5. The predicted octanol–water partition coefficient (Wildman–Crippen LogP) is 3.82. The van der Waals surface area contributed by atoms with Crippen molar-refractivity contribution in [1.82, 2.24) is 9.55 Å². The standard InChI is InChI=1S/C16H13F2N3O3/c1-2-20-13-5-3-4-11(18)16(13)19-15(20)9-24-14-8-10(17)6-7-12(14)21(22)23/h3-8H,2,9H2,1H3. The third-order valence-electron chi connectivity index (χ3n) is 3.60. The number of aryl methyl sites for hydroxylation is 1. The summed E-state index contributed by atoms with van der Waals surface area (Å²) < 4.78 is 34.3. The van der Waals surface area contributed by atoms with Gasteiger partial charge in [-0.05, 0) is 25.1 Å². The number of hydrogen-bond acceptors (Lipinski definition) is 4. The summed E-state index contributed by atoms with van der Waals surface area (Å²) in [5.41, 5.74) is 0.457. The van der Waals surface area contributed by atoms with Crippen LogP contribution in [0, 0.1) is 21.7 Å². The van der Waals surface area contributed by atoms with E-state index in [1.165, 1.54) is 6.07 Å². The van der Waals surface area contributed by atoms with Crippen LogP contribution in [0.5, 0.6) is 5.75 Å². The number of benzene rings is 2. The highest BCUT2D eigenvalue weighted by Crippen LogP contribution is 2.28. The lowest BCUT2D eigenvalue weighted by atomic mass is 10.3. The molecule has 124 valence electrons. The summed E-state index contributed by atoms with van der Waals surface area (Å²) in [6.07, 6.45) is 0. The van der Waals surface area contributed by atoms with Crippen molar-refractivity contribution in [2.45, 2.75) is 20.1 Å². The molecule has 0 unspecified atom stereocenters. The maximum atomic E-state index is 13.8. The smallest absolute Gasteiger partial charge is 0.311 e. The first-order chi connectivity index (χ1) is 11.5. The third kappa shape index (κ3) is 2.78. The first-order valence-electron chi connectivity index (χ1n) is 7.21. The van der Waals surface area contributed by atoms with Crippen molar-refractivity contribution in [1.29, 1.82) is 0 Å². The van der Waals surface area contributed by atoms with Gasteiger partial charge in [0.05, 0.1) is 10.4 Å². The van der Waals surface area contributed by atoms with Crippen molar-refractivity contribution in [2.75, 3.05) is 0 Å². The molecular weight excluding hydrogens is 320 g/mol. The quantitative estimate of drug-likeness (QED) is 0.526. The lowest BCUT2D eigenvalue weighted by molar-refractivity contribution is -0.386. The van der Waals surface area contributed by atoms with Gasteiger partial charge in [-0.1, -0.05) is 6.07 Å². The number of nitro benzene ring substituents is 1. The second kappa shape index (κ2) is 6.23. The van der Waals surface area contributed by atoms with Crippen molar-refractivity contribution in [3.8, 4) is 5.75 Å². The van der Waals surface area contributed by atoms with E-state index in [4.69, 9.17) is 4.74 Å². The molecule has 0 aliphatic heterocycles. The molecule has 0 atom stereocenters. The average Bonchev–Trinajstić information content (AvgIpc) is 2.91. The fraction of sp³-hybridized carbons (Fsp3) is 0.188. The Morgan fingerprint density at radius 3 is 2.79 bits per heavy atom. The summed E-state index contributed by atoms with van der Waals surface area (Å²) in [5.74, 6) is -0.908. The van der Waals surface area contributed by atoms with E-state index in [2.05, 4.69) is 4.98 Å². The Kier molecular flexibility index (Phi) is 4.11. The highest BCUT2D eigenvalue weighted by atomic mass is 19.1. The van der Waals surface area contributed by atoms with Crippen molar-refractivity contribution in [3.05, 3.63) is 64.0 Å². The minimum absolute atomic E-state index is 0.147. The van der Waals surface area contributed by atoms with Gasteiger partial charge in [0.2, 0.25) is 0 Å². The molecule has 0 aliphatic rings. The Labute approximate surface area is 135 Å². The van der Waals surface area contributed by atoms with Crippen LogP contribution in [0.3, 0.4) is 0 Å². The topological polar surface area (TPSA) is 70.2 Å². The fourth-order valence-electron chi connectivity index (χ4n) is 2.52. The van der Waals surface area contributed by atoms with E-state index in [-0.39, 0.29) is 23.6 Å². The van der Waals surface area contributed by atoms with Gasteiger partial charge >= 0.3 is 5.69 Å². The second-order valence-corrected chi connectivity index (χ2v) is 5.04. The van der Waals surface area contributed by atoms with Crippen LogP contribution in [0.4, 0.5) is 14.5 Å². The Bertz CT molecular complexity index is 924. The number of imidazole rings is 1. The van der Waals surface area contributed by atoms with Gasteiger partial charge in [-0.25, -0.2) is 13.8 Å². The monoisotopic (exact) mass is 333 g/mol. The normalized spacial score (nSPS) is 11.0. The first-order valence-corrected chi connectivity index (χ1v) is 7.21. The molecule has 1 aromatic heterocycles. The van der Waals surface area contributed by atoms with Gasteiger partial charge < -0.3 is 9.30 Å². The lowest BCUT2D eigenvalue weighted by Crippen LogP contribution is -2.07. The molecule has 24 heavy (non-hydrogen) atoms. The molecule has 0 N–H and O–H groups in total. The largest absolute Gasteiger partial charge is 0.479 e. The average molecular weight is 333 g/mol. The molecule has 0 saturated carbocycles. The predicted molar refractivity (Wildman–Crippen MR) is 82.8 cm³/mol.